The van der Waals surface area contributed by atoms with Crippen molar-refractivity contribution >= 4 is 5.97 Å². The zero-order chi connectivity index (χ0) is 10.4. The highest BCUT2D eigenvalue weighted by molar-refractivity contribution is 5.69. The molecule has 0 aromatic heterocycles. The van der Waals surface area contributed by atoms with E-state index in [1.807, 2.05) is 6.92 Å². The maximum absolute atomic E-state index is 11.3. The van der Waals surface area contributed by atoms with Crippen molar-refractivity contribution in [2.24, 2.45) is 11.8 Å². The molecule has 0 amide bonds. The molecule has 14 heavy (non-hydrogen) atoms. The summed E-state index contributed by atoms with van der Waals surface area (Å²) in [6.45, 7) is 4.91. The lowest BCUT2D eigenvalue weighted by Crippen LogP contribution is -2.17. The molecular formula is C12H22O2. The molecule has 1 aliphatic carbocycles. The van der Waals surface area contributed by atoms with Gasteiger partial charge in [-0.05, 0) is 31.1 Å². The summed E-state index contributed by atoms with van der Waals surface area (Å²) in [5, 5.41) is 0. The Kier molecular flexibility index (Phi) is 4.99. The molecule has 0 aromatic rings. The molecule has 1 saturated carbocycles. The van der Waals surface area contributed by atoms with Crippen molar-refractivity contribution in [3.63, 3.8) is 0 Å². The second-order valence-corrected chi connectivity index (χ2v) is 4.55. The van der Waals surface area contributed by atoms with Crippen LogP contribution in [0, 0.1) is 11.8 Å². The molecule has 0 radical (unpaired) electrons. The van der Waals surface area contributed by atoms with Crippen LogP contribution < -0.4 is 0 Å². The first-order valence-corrected chi connectivity index (χ1v) is 5.88. The monoisotopic (exact) mass is 198 g/mol. The van der Waals surface area contributed by atoms with Crippen LogP contribution in [0.3, 0.4) is 0 Å². The molecule has 82 valence electrons. The van der Waals surface area contributed by atoms with Gasteiger partial charge < -0.3 is 4.74 Å². The minimum absolute atomic E-state index is 0.00593. The number of carbonyl (C=O) groups is 1. The van der Waals surface area contributed by atoms with E-state index in [1.54, 1.807) is 0 Å². The van der Waals surface area contributed by atoms with Crippen molar-refractivity contribution in [3.8, 4) is 0 Å². The lowest BCUT2D eigenvalue weighted by molar-refractivity contribution is -0.145. The van der Waals surface area contributed by atoms with Crippen LogP contribution in [0.15, 0.2) is 0 Å². The molecule has 1 rings (SSSR count). The molecule has 1 fully saturated rings. The van der Waals surface area contributed by atoms with Crippen LogP contribution in [0.1, 0.15) is 52.4 Å². The maximum Gasteiger partial charge on any atom is 0.306 e. The number of rotatable bonds is 4. The van der Waals surface area contributed by atoms with Crippen LogP contribution in [0.5, 0.6) is 0 Å². The van der Waals surface area contributed by atoms with Gasteiger partial charge in [-0.15, -0.1) is 0 Å². The fourth-order valence-corrected chi connectivity index (χ4v) is 2.04. The Morgan fingerprint density at radius 2 is 1.93 bits per heavy atom. The topological polar surface area (TPSA) is 26.3 Å². The summed E-state index contributed by atoms with van der Waals surface area (Å²) in [4.78, 5) is 11.3. The van der Waals surface area contributed by atoms with E-state index >= 15 is 0 Å². The van der Waals surface area contributed by atoms with Crippen molar-refractivity contribution in [3.05, 3.63) is 0 Å². The van der Waals surface area contributed by atoms with E-state index in [0.29, 0.717) is 18.9 Å². The van der Waals surface area contributed by atoms with Gasteiger partial charge in [-0.1, -0.05) is 26.7 Å². The summed E-state index contributed by atoms with van der Waals surface area (Å²) in [5.41, 5.74) is 0. The summed E-state index contributed by atoms with van der Waals surface area (Å²) in [7, 11) is 0. The first kappa shape index (κ1) is 11.5. The quantitative estimate of drug-likeness (QED) is 0.649. The second-order valence-electron chi connectivity index (χ2n) is 4.55. The fraction of sp³-hybridized carbons (Fsp3) is 0.917. The third-order valence-electron chi connectivity index (χ3n) is 3.06. The van der Waals surface area contributed by atoms with E-state index in [1.165, 1.54) is 25.7 Å². The Morgan fingerprint density at radius 1 is 1.29 bits per heavy atom. The standard InChI is InChI=1S/C12H22O2/c1-3-8-14-12(13)9-11-6-4-10(2)5-7-11/h10-11H,3-9H2,1-2H3. The molecule has 0 heterocycles. The second kappa shape index (κ2) is 6.05. The lowest BCUT2D eigenvalue weighted by Gasteiger charge is -2.25. The predicted molar refractivity (Wildman–Crippen MR) is 57.0 cm³/mol. The Hall–Kier alpha value is -0.530. The number of hydrogen-bond donors (Lipinski definition) is 0. The van der Waals surface area contributed by atoms with Crippen molar-refractivity contribution in [2.75, 3.05) is 6.61 Å². The van der Waals surface area contributed by atoms with Crippen molar-refractivity contribution in [1.29, 1.82) is 0 Å². The number of carbonyl (C=O) groups excluding carboxylic acids is 1. The van der Waals surface area contributed by atoms with Gasteiger partial charge in [-0.25, -0.2) is 0 Å². The van der Waals surface area contributed by atoms with E-state index in [-0.39, 0.29) is 5.97 Å². The molecule has 0 saturated heterocycles. The SMILES string of the molecule is CCCOC(=O)CC1CCC(C)CC1. The summed E-state index contributed by atoms with van der Waals surface area (Å²) in [5.74, 6) is 1.46. The third-order valence-corrected chi connectivity index (χ3v) is 3.06. The molecule has 2 nitrogen and oxygen atoms in total. The van der Waals surface area contributed by atoms with Gasteiger partial charge >= 0.3 is 5.97 Å². The molecule has 0 N–H and O–H groups in total. The first-order chi connectivity index (χ1) is 6.72. The number of ether oxygens (including phenoxy) is 1. The fourth-order valence-electron chi connectivity index (χ4n) is 2.04. The molecule has 0 unspecified atom stereocenters. The summed E-state index contributed by atoms with van der Waals surface area (Å²) in [6.07, 6.45) is 6.56. The number of hydrogen-bond acceptors (Lipinski definition) is 2. The molecule has 0 bridgehead atoms. The zero-order valence-corrected chi connectivity index (χ0v) is 9.42. The Labute approximate surface area is 87.0 Å². The van der Waals surface area contributed by atoms with Crippen LogP contribution >= 0.6 is 0 Å². The van der Waals surface area contributed by atoms with Gasteiger partial charge in [0.15, 0.2) is 0 Å². The molecule has 2 heteroatoms. The highest BCUT2D eigenvalue weighted by atomic mass is 16.5. The van der Waals surface area contributed by atoms with Gasteiger partial charge in [0.1, 0.15) is 0 Å². The van der Waals surface area contributed by atoms with E-state index in [2.05, 4.69) is 6.92 Å². The van der Waals surface area contributed by atoms with Crippen LogP contribution in [-0.2, 0) is 9.53 Å². The van der Waals surface area contributed by atoms with E-state index in [9.17, 15) is 4.79 Å². The van der Waals surface area contributed by atoms with Gasteiger partial charge in [0.05, 0.1) is 6.61 Å². The highest BCUT2D eigenvalue weighted by Gasteiger charge is 2.20. The van der Waals surface area contributed by atoms with Gasteiger partial charge in [-0.2, -0.15) is 0 Å². The zero-order valence-electron chi connectivity index (χ0n) is 9.42. The van der Waals surface area contributed by atoms with Gasteiger partial charge in [0.2, 0.25) is 0 Å². The maximum atomic E-state index is 11.3. The van der Waals surface area contributed by atoms with E-state index < -0.39 is 0 Å². The summed E-state index contributed by atoms with van der Waals surface area (Å²) < 4.78 is 5.08. The smallest absolute Gasteiger partial charge is 0.306 e. The Balaban J connectivity index is 2.14. The molecule has 1 aliphatic rings. The van der Waals surface area contributed by atoms with Gasteiger partial charge in [-0.3, -0.25) is 4.79 Å². The van der Waals surface area contributed by atoms with Gasteiger partial charge in [0, 0.05) is 6.42 Å². The summed E-state index contributed by atoms with van der Waals surface area (Å²) in [6, 6.07) is 0. The average Bonchev–Trinajstić information content (AvgIpc) is 2.18. The minimum Gasteiger partial charge on any atom is -0.466 e. The molecule has 0 atom stereocenters. The van der Waals surface area contributed by atoms with Crippen molar-refractivity contribution in [2.45, 2.75) is 52.4 Å². The molecule has 0 aliphatic heterocycles. The van der Waals surface area contributed by atoms with Crippen LogP contribution in [-0.4, -0.2) is 12.6 Å². The average molecular weight is 198 g/mol. The predicted octanol–water partition coefficient (Wildman–Crippen LogP) is 3.16. The Bertz CT molecular complexity index is 169. The van der Waals surface area contributed by atoms with Crippen molar-refractivity contribution in [1.82, 2.24) is 0 Å². The molecular weight excluding hydrogens is 176 g/mol. The normalized spacial score (nSPS) is 27.3. The van der Waals surface area contributed by atoms with E-state index in [4.69, 9.17) is 4.74 Å². The van der Waals surface area contributed by atoms with Crippen LogP contribution in [0.4, 0.5) is 0 Å². The number of esters is 1. The lowest BCUT2D eigenvalue weighted by atomic mass is 9.81. The minimum atomic E-state index is 0.00593. The first-order valence-electron chi connectivity index (χ1n) is 5.88. The van der Waals surface area contributed by atoms with E-state index in [0.717, 1.165) is 12.3 Å². The highest BCUT2D eigenvalue weighted by Crippen LogP contribution is 2.30. The van der Waals surface area contributed by atoms with Gasteiger partial charge in [0.25, 0.3) is 0 Å². The van der Waals surface area contributed by atoms with Crippen molar-refractivity contribution < 1.29 is 9.53 Å². The van der Waals surface area contributed by atoms with Crippen LogP contribution in [0.2, 0.25) is 0 Å². The summed E-state index contributed by atoms with van der Waals surface area (Å²) >= 11 is 0. The van der Waals surface area contributed by atoms with Crippen LogP contribution in [0.25, 0.3) is 0 Å². The Morgan fingerprint density at radius 3 is 2.50 bits per heavy atom. The largest absolute Gasteiger partial charge is 0.466 e. The third kappa shape index (κ3) is 4.12. The molecule has 0 spiro atoms. The molecule has 0 aromatic carbocycles.